The monoisotopic (exact) mass is 230 g/mol. The van der Waals surface area contributed by atoms with Crippen LogP contribution in [0.2, 0.25) is 0 Å². The van der Waals surface area contributed by atoms with Crippen LogP contribution in [0.3, 0.4) is 0 Å². The molecule has 4 nitrogen and oxygen atoms in total. The summed E-state index contributed by atoms with van der Waals surface area (Å²) >= 11 is 0. The molecule has 2 rings (SSSR count). The van der Waals surface area contributed by atoms with Crippen LogP contribution < -0.4 is 0 Å². The predicted octanol–water partition coefficient (Wildman–Crippen LogP) is 2.05. The van der Waals surface area contributed by atoms with E-state index in [9.17, 15) is 4.79 Å². The van der Waals surface area contributed by atoms with Crippen LogP contribution in [-0.2, 0) is 4.79 Å². The van der Waals surface area contributed by atoms with Gasteiger partial charge in [0.15, 0.2) is 0 Å². The number of rotatable bonds is 4. The summed E-state index contributed by atoms with van der Waals surface area (Å²) in [7, 11) is 1.73. The van der Waals surface area contributed by atoms with Crippen molar-refractivity contribution in [2.24, 2.45) is 5.92 Å². The summed E-state index contributed by atoms with van der Waals surface area (Å²) in [5.41, 5.74) is 0.114. The van der Waals surface area contributed by atoms with E-state index >= 15 is 0 Å². The van der Waals surface area contributed by atoms with Crippen LogP contribution >= 0.6 is 0 Å². The summed E-state index contributed by atoms with van der Waals surface area (Å²) in [5.74, 6) is 0.901. The minimum absolute atomic E-state index is 0.114. The second kappa shape index (κ2) is 4.88. The van der Waals surface area contributed by atoms with E-state index in [1.807, 2.05) is 6.07 Å². The van der Waals surface area contributed by atoms with Gasteiger partial charge in [0.2, 0.25) is 0 Å². The molecule has 0 unspecified atom stereocenters. The molecule has 0 spiro atoms. The fraction of sp³-hybridized carbons (Fsp3) is 0.385. The molecule has 1 heterocycles. The second-order valence-corrected chi connectivity index (χ2v) is 4.31. The molecule has 1 saturated carbocycles. The van der Waals surface area contributed by atoms with Gasteiger partial charge in [-0.05, 0) is 30.9 Å². The zero-order valence-corrected chi connectivity index (χ0v) is 9.72. The zero-order valence-electron chi connectivity index (χ0n) is 9.72. The van der Waals surface area contributed by atoms with E-state index < -0.39 is 0 Å². The molecule has 1 aliphatic carbocycles. The quantitative estimate of drug-likeness (QED) is 0.587. The Morgan fingerprint density at radius 3 is 3.00 bits per heavy atom. The Labute approximate surface area is 100 Å². The minimum atomic E-state index is -0.240. The first-order valence-electron chi connectivity index (χ1n) is 5.61. The van der Waals surface area contributed by atoms with Crippen molar-refractivity contribution in [3.8, 4) is 6.07 Å². The number of carbonyl (C=O) groups is 1. The molecule has 1 aliphatic rings. The molecule has 0 saturated heterocycles. The van der Waals surface area contributed by atoms with E-state index in [-0.39, 0.29) is 11.5 Å². The van der Waals surface area contributed by atoms with Crippen LogP contribution in [0.5, 0.6) is 0 Å². The fourth-order valence-corrected chi connectivity index (χ4v) is 1.63. The Balaban J connectivity index is 2.07. The van der Waals surface area contributed by atoms with Gasteiger partial charge < -0.3 is 9.32 Å². The van der Waals surface area contributed by atoms with Crippen molar-refractivity contribution in [3.05, 3.63) is 29.7 Å². The highest BCUT2D eigenvalue weighted by Gasteiger charge is 2.26. The van der Waals surface area contributed by atoms with Gasteiger partial charge in [-0.2, -0.15) is 5.26 Å². The van der Waals surface area contributed by atoms with Crippen molar-refractivity contribution in [1.29, 1.82) is 5.26 Å². The Kier molecular flexibility index (Phi) is 3.29. The van der Waals surface area contributed by atoms with Crippen molar-refractivity contribution >= 4 is 12.0 Å². The third kappa shape index (κ3) is 2.97. The van der Waals surface area contributed by atoms with Crippen molar-refractivity contribution in [2.75, 3.05) is 13.6 Å². The summed E-state index contributed by atoms with van der Waals surface area (Å²) < 4.78 is 5.09. The summed E-state index contributed by atoms with van der Waals surface area (Å²) in [4.78, 5) is 13.6. The molecule has 0 aromatic carbocycles. The van der Waals surface area contributed by atoms with Crippen LogP contribution in [0.1, 0.15) is 18.6 Å². The van der Waals surface area contributed by atoms with Gasteiger partial charge in [0.25, 0.3) is 5.91 Å². The highest BCUT2D eigenvalue weighted by atomic mass is 16.3. The molecular formula is C13H14N2O2. The highest BCUT2D eigenvalue weighted by Crippen LogP contribution is 2.29. The van der Waals surface area contributed by atoms with E-state index in [2.05, 4.69) is 0 Å². The predicted molar refractivity (Wildman–Crippen MR) is 62.7 cm³/mol. The topological polar surface area (TPSA) is 57.2 Å². The molecule has 1 amide bonds. The number of nitrogens with zero attached hydrogens (tertiary/aromatic N) is 2. The molecule has 1 fully saturated rings. The summed E-state index contributed by atoms with van der Waals surface area (Å²) in [6, 6.07) is 5.36. The molecule has 4 heteroatoms. The number of likely N-dealkylation sites (N-methyl/N-ethyl adjacent to an activating group) is 1. The Morgan fingerprint density at radius 1 is 1.71 bits per heavy atom. The van der Waals surface area contributed by atoms with Gasteiger partial charge in [0.05, 0.1) is 6.26 Å². The van der Waals surface area contributed by atoms with Gasteiger partial charge in [0, 0.05) is 19.7 Å². The molecule has 0 aliphatic heterocycles. The zero-order chi connectivity index (χ0) is 12.3. The average molecular weight is 230 g/mol. The maximum Gasteiger partial charge on any atom is 0.264 e. The number of hydrogen-bond donors (Lipinski definition) is 0. The van der Waals surface area contributed by atoms with Crippen LogP contribution in [-0.4, -0.2) is 24.4 Å². The van der Waals surface area contributed by atoms with Crippen molar-refractivity contribution in [1.82, 2.24) is 4.90 Å². The number of furan rings is 1. The lowest BCUT2D eigenvalue weighted by molar-refractivity contribution is -0.125. The van der Waals surface area contributed by atoms with E-state index in [0.29, 0.717) is 11.7 Å². The van der Waals surface area contributed by atoms with Crippen LogP contribution in [0.4, 0.5) is 0 Å². The summed E-state index contributed by atoms with van der Waals surface area (Å²) in [5, 5.41) is 8.99. The Morgan fingerprint density at radius 2 is 2.47 bits per heavy atom. The molecule has 1 aromatic heterocycles. The largest absolute Gasteiger partial charge is 0.465 e. The van der Waals surface area contributed by atoms with Gasteiger partial charge in [-0.1, -0.05) is 0 Å². The fourth-order valence-electron chi connectivity index (χ4n) is 1.63. The molecule has 88 valence electrons. The second-order valence-electron chi connectivity index (χ2n) is 4.31. The number of carbonyl (C=O) groups excluding carboxylic acids is 1. The third-order valence-electron chi connectivity index (χ3n) is 2.76. The maximum absolute atomic E-state index is 12.0. The standard InChI is InChI=1S/C13H14N2O2/c1-15(9-10-4-5-10)13(16)11(8-14)7-12-3-2-6-17-12/h2-3,6-7,10H,4-5,9H2,1H3. The first kappa shape index (κ1) is 11.5. The highest BCUT2D eigenvalue weighted by molar-refractivity contribution is 6.01. The van der Waals surface area contributed by atoms with Gasteiger partial charge in [-0.15, -0.1) is 0 Å². The van der Waals surface area contributed by atoms with Gasteiger partial charge in [0.1, 0.15) is 17.4 Å². The minimum Gasteiger partial charge on any atom is -0.465 e. The lowest BCUT2D eigenvalue weighted by atomic mass is 10.2. The molecule has 1 aromatic rings. The number of amides is 1. The van der Waals surface area contributed by atoms with E-state index in [0.717, 1.165) is 6.54 Å². The molecule has 0 atom stereocenters. The molecule has 0 bridgehead atoms. The lowest BCUT2D eigenvalue weighted by Gasteiger charge is -2.15. The van der Waals surface area contributed by atoms with E-state index in [1.165, 1.54) is 25.2 Å². The van der Waals surface area contributed by atoms with E-state index in [4.69, 9.17) is 9.68 Å². The summed E-state index contributed by atoms with van der Waals surface area (Å²) in [6.07, 6.45) is 5.35. The Bertz CT molecular complexity index is 464. The maximum atomic E-state index is 12.0. The smallest absolute Gasteiger partial charge is 0.264 e. The molecule has 17 heavy (non-hydrogen) atoms. The normalized spacial score (nSPS) is 15.4. The van der Waals surface area contributed by atoms with Crippen LogP contribution in [0, 0.1) is 17.2 Å². The number of nitriles is 1. The molecule has 0 N–H and O–H groups in total. The average Bonchev–Trinajstić information content (AvgIpc) is 2.99. The molecule has 0 radical (unpaired) electrons. The Hall–Kier alpha value is -2.02. The van der Waals surface area contributed by atoms with Gasteiger partial charge in [-0.25, -0.2) is 0 Å². The first-order chi connectivity index (χ1) is 8.20. The lowest BCUT2D eigenvalue weighted by Crippen LogP contribution is -2.29. The number of hydrogen-bond acceptors (Lipinski definition) is 3. The first-order valence-corrected chi connectivity index (χ1v) is 5.61. The van der Waals surface area contributed by atoms with Crippen molar-refractivity contribution in [2.45, 2.75) is 12.8 Å². The van der Waals surface area contributed by atoms with Crippen LogP contribution in [0.25, 0.3) is 6.08 Å². The SMILES string of the molecule is CN(CC1CC1)C(=O)C(C#N)=Cc1ccco1. The van der Waals surface area contributed by atoms with E-state index in [1.54, 1.807) is 24.1 Å². The van der Waals surface area contributed by atoms with Gasteiger partial charge in [-0.3, -0.25) is 4.79 Å². The molecular weight excluding hydrogens is 216 g/mol. The van der Waals surface area contributed by atoms with Crippen molar-refractivity contribution in [3.63, 3.8) is 0 Å². The third-order valence-corrected chi connectivity index (χ3v) is 2.76. The van der Waals surface area contributed by atoms with Crippen molar-refractivity contribution < 1.29 is 9.21 Å². The summed E-state index contributed by atoms with van der Waals surface area (Å²) in [6.45, 7) is 0.732. The van der Waals surface area contributed by atoms with Crippen LogP contribution in [0.15, 0.2) is 28.4 Å². The van der Waals surface area contributed by atoms with Gasteiger partial charge >= 0.3 is 0 Å².